The fourth-order valence-corrected chi connectivity index (χ4v) is 2.66. The summed E-state index contributed by atoms with van der Waals surface area (Å²) in [6.07, 6.45) is 0.108. The van der Waals surface area contributed by atoms with E-state index >= 15 is 0 Å². The van der Waals surface area contributed by atoms with Gasteiger partial charge in [0.15, 0.2) is 0 Å². The zero-order chi connectivity index (χ0) is 20.5. The molecule has 0 aliphatic carbocycles. The lowest BCUT2D eigenvalue weighted by Crippen LogP contribution is -2.13. The summed E-state index contributed by atoms with van der Waals surface area (Å²) in [4.78, 5) is 12.5. The van der Waals surface area contributed by atoms with Crippen molar-refractivity contribution in [2.45, 2.75) is 20.0 Å². The summed E-state index contributed by atoms with van der Waals surface area (Å²) in [6.45, 7) is 4.75. The molecule has 0 aliphatic heterocycles. The van der Waals surface area contributed by atoms with Crippen molar-refractivity contribution >= 4 is 11.6 Å². The number of benzene rings is 3. The van der Waals surface area contributed by atoms with Crippen molar-refractivity contribution in [3.63, 3.8) is 0 Å². The van der Waals surface area contributed by atoms with Crippen LogP contribution in [0.4, 0.5) is 5.69 Å². The Hall–Kier alpha value is -3.47. The van der Waals surface area contributed by atoms with Crippen LogP contribution >= 0.6 is 0 Å². The molecule has 29 heavy (non-hydrogen) atoms. The van der Waals surface area contributed by atoms with E-state index in [-0.39, 0.29) is 12.0 Å². The van der Waals surface area contributed by atoms with Crippen molar-refractivity contribution in [2.75, 3.05) is 18.5 Å². The molecule has 0 unspecified atom stereocenters. The van der Waals surface area contributed by atoms with Crippen LogP contribution in [0, 0.1) is 0 Å². The lowest BCUT2D eigenvalue weighted by molar-refractivity contribution is 0.102. The molecule has 150 valence electrons. The summed E-state index contributed by atoms with van der Waals surface area (Å²) in [5, 5.41) is 2.88. The Morgan fingerprint density at radius 1 is 0.793 bits per heavy atom. The number of rotatable bonds is 9. The molecule has 0 aromatic heterocycles. The molecule has 5 nitrogen and oxygen atoms in total. The number of nitrogens with one attached hydrogen (secondary N) is 1. The van der Waals surface area contributed by atoms with Crippen LogP contribution in [0.5, 0.6) is 17.2 Å². The second-order valence-corrected chi connectivity index (χ2v) is 6.68. The van der Waals surface area contributed by atoms with E-state index in [1.807, 2.05) is 74.5 Å². The van der Waals surface area contributed by atoms with Crippen molar-refractivity contribution in [2.24, 2.45) is 0 Å². The Kier molecular flexibility index (Phi) is 7.11. The predicted octanol–water partition coefficient (Wildman–Crippen LogP) is 5.18. The highest BCUT2D eigenvalue weighted by molar-refractivity contribution is 6.04. The highest BCUT2D eigenvalue weighted by Crippen LogP contribution is 2.19. The lowest BCUT2D eigenvalue weighted by atomic mass is 10.2. The molecular weight excluding hydrogens is 366 g/mol. The van der Waals surface area contributed by atoms with E-state index in [1.165, 1.54) is 0 Å². The summed E-state index contributed by atoms with van der Waals surface area (Å²) < 4.78 is 16.9. The van der Waals surface area contributed by atoms with Gasteiger partial charge in [-0.05, 0) is 68.4 Å². The summed E-state index contributed by atoms with van der Waals surface area (Å²) in [5.41, 5.74) is 1.22. The number of carbonyl (C=O) groups is 1. The molecule has 0 atom stereocenters. The maximum Gasteiger partial charge on any atom is 0.255 e. The molecule has 0 bridgehead atoms. The molecule has 1 amide bonds. The van der Waals surface area contributed by atoms with E-state index in [1.54, 1.807) is 18.2 Å². The van der Waals surface area contributed by atoms with Gasteiger partial charge in [0.1, 0.15) is 30.5 Å². The molecule has 0 saturated carbocycles. The highest BCUT2D eigenvalue weighted by atomic mass is 16.5. The minimum absolute atomic E-state index is 0.108. The molecule has 5 heteroatoms. The van der Waals surface area contributed by atoms with Crippen LogP contribution in [0.1, 0.15) is 24.2 Å². The minimum Gasteiger partial charge on any atom is -0.491 e. The number of para-hydroxylation sites is 1. The number of anilines is 1. The molecule has 3 aromatic carbocycles. The molecule has 0 spiro atoms. The Morgan fingerprint density at radius 3 is 2.14 bits per heavy atom. The standard InChI is InChI=1S/C24H25NO4/c1-18(2)29-22-13-11-20(12-14-22)25-24(26)19-7-6-10-23(17-19)28-16-15-27-21-8-4-3-5-9-21/h3-14,17-18H,15-16H2,1-2H3,(H,25,26). The Bertz CT molecular complexity index is 908. The van der Waals surface area contributed by atoms with Gasteiger partial charge in [-0.25, -0.2) is 0 Å². The van der Waals surface area contributed by atoms with Gasteiger partial charge in [-0.15, -0.1) is 0 Å². The van der Waals surface area contributed by atoms with Crippen LogP contribution in [-0.4, -0.2) is 25.2 Å². The third-order valence-corrected chi connectivity index (χ3v) is 3.94. The third-order valence-electron chi connectivity index (χ3n) is 3.94. The van der Waals surface area contributed by atoms with E-state index in [0.29, 0.717) is 30.2 Å². The van der Waals surface area contributed by atoms with Crippen molar-refractivity contribution in [3.05, 3.63) is 84.4 Å². The van der Waals surface area contributed by atoms with Crippen molar-refractivity contribution in [1.29, 1.82) is 0 Å². The van der Waals surface area contributed by atoms with Crippen LogP contribution in [-0.2, 0) is 0 Å². The SMILES string of the molecule is CC(C)Oc1ccc(NC(=O)c2cccc(OCCOc3ccccc3)c2)cc1. The summed E-state index contributed by atoms with van der Waals surface area (Å²) in [6, 6.07) is 23.9. The number of ether oxygens (including phenoxy) is 3. The summed E-state index contributed by atoms with van der Waals surface area (Å²) >= 11 is 0. The Morgan fingerprint density at radius 2 is 1.45 bits per heavy atom. The maximum atomic E-state index is 12.5. The van der Waals surface area contributed by atoms with Crippen molar-refractivity contribution in [1.82, 2.24) is 0 Å². The quantitative estimate of drug-likeness (QED) is 0.511. The molecule has 1 N–H and O–H groups in total. The molecule has 0 fully saturated rings. The number of amides is 1. The van der Waals surface area contributed by atoms with Gasteiger partial charge in [0.25, 0.3) is 5.91 Å². The molecule has 3 aromatic rings. The normalized spacial score (nSPS) is 10.4. The molecule has 3 rings (SSSR count). The Labute approximate surface area is 171 Å². The largest absolute Gasteiger partial charge is 0.491 e. The highest BCUT2D eigenvalue weighted by Gasteiger charge is 2.08. The van der Waals surface area contributed by atoms with Crippen LogP contribution < -0.4 is 19.5 Å². The van der Waals surface area contributed by atoms with E-state index in [9.17, 15) is 4.79 Å². The number of hydrogen-bond donors (Lipinski definition) is 1. The zero-order valence-electron chi connectivity index (χ0n) is 16.6. The lowest BCUT2D eigenvalue weighted by Gasteiger charge is -2.11. The van der Waals surface area contributed by atoms with Crippen LogP contribution in [0.15, 0.2) is 78.9 Å². The van der Waals surface area contributed by atoms with Gasteiger partial charge in [0.2, 0.25) is 0 Å². The predicted molar refractivity (Wildman–Crippen MR) is 114 cm³/mol. The van der Waals surface area contributed by atoms with Gasteiger partial charge in [-0.2, -0.15) is 0 Å². The van der Waals surface area contributed by atoms with E-state index in [2.05, 4.69) is 5.32 Å². The smallest absolute Gasteiger partial charge is 0.255 e. The van der Waals surface area contributed by atoms with Crippen LogP contribution in [0.2, 0.25) is 0 Å². The monoisotopic (exact) mass is 391 g/mol. The topological polar surface area (TPSA) is 56.8 Å². The van der Waals surface area contributed by atoms with Crippen molar-refractivity contribution in [3.8, 4) is 17.2 Å². The average Bonchev–Trinajstić information content (AvgIpc) is 2.73. The second-order valence-electron chi connectivity index (χ2n) is 6.68. The maximum absolute atomic E-state index is 12.5. The van der Waals surface area contributed by atoms with Gasteiger partial charge in [0, 0.05) is 11.3 Å². The van der Waals surface area contributed by atoms with E-state index in [0.717, 1.165) is 11.5 Å². The number of carbonyl (C=O) groups excluding carboxylic acids is 1. The van der Waals surface area contributed by atoms with Crippen molar-refractivity contribution < 1.29 is 19.0 Å². The van der Waals surface area contributed by atoms with Gasteiger partial charge >= 0.3 is 0 Å². The zero-order valence-corrected chi connectivity index (χ0v) is 16.6. The summed E-state index contributed by atoms with van der Waals surface area (Å²) in [5.74, 6) is 1.99. The minimum atomic E-state index is -0.200. The first-order chi connectivity index (χ1) is 14.1. The second kappa shape index (κ2) is 10.2. The number of hydrogen-bond acceptors (Lipinski definition) is 4. The van der Waals surface area contributed by atoms with Crippen LogP contribution in [0.25, 0.3) is 0 Å². The molecular formula is C24H25NO4. The van der Waals surface area contributed by atoms with Crippen LogP contribution in [0.3, 0.4) is 0 Å². The fraction of sp³-hybridized carbons (Fsp3) is 0.208. The first-order valence-corrected chi connectivity index (χ1v) is 9.59. The molecule has 0 saturated heterocycles. The summed E-state index contributed by atoms with van der Waals surface area (Å²) in [7, 11) is 0. The van der Waals surface area contributed by atoms with Gasteiger partial charge in [-0.1, -0.05) is 24.3 Å². The van der Waals surface area contributed by atoms with Gasteiger partial charge in [-0.3, -0.25) is 4.79 Å². The molecule has 0 heterocycles. The Balaban J connectivity index is 1.51. The van der Waals surface area contributed by atoms with Gasteiger partial charge in [0.05, 0.1) is 6.10 Å². The molecule has 0 radical (unpaired) electrons. The van der Waals surface area contributed by atoms with E-state index < -0.39 is 0 Å². The van der Waals surface area contributed by atoms with Gasteiger partial charge < -0.3 is 19.5 Å². The fourth-order valence-electron chi connectivity index (χ4n) is 2.66. The average molecular weight is 391 g/mol. The molecule has 0 aliphatic rings. The first kappa shape index (κ1) is 20.3. The van der Waals surface area contributed by atoms with E-state index in [4.69, 9.17) is 14.2 Å². The third kappa shape index (κ3) is 6.57. The first-order valence-electron chi connectivity index (χ1n) is 9.59.